The van der Waals surface area contributed by atoms with Crippen LogP contribution in [-0.2, 0) is 19.5 Å². The number of nitrogens with zero attached hydrogens (tertiary/aromatic N) is 4. The fourth-order valence-corrected chi connectivity index (χ4v) is 4.12. The van der Waals surface area contributed by atoms with Gasteiger partial charge < -0.3 is 19.4 Å². The lowest BCUT2D eigenvalue weighted by Gasteiger charge is -2.21. The van der Waals surface area contributed by atoms with Crippen LogP contribution in [-0.4, -0.2) is 52.9 Å². The van der Waals surface area contributed by atoms with Crippen molar-refractivity contribution in [1.82, 2.24) is 25.0 Å². The third-order valence-electron chi connectivity index (χ3n) is 5.91. The molecule has 1 N–H and O–H groups in total. The predicted molar refractivity (Wildman–Crippen MR) is 121 cm³/mol. The van der Waals surface area contributed by atoms with Crippen LogP contribution >= 0.6 is 0 Å². The predicted octanol–water partition coefficient (Wildman–Crippen LogP) is 3.12. The number of fused-ring (bicyclic) bond motifs is 1. The number of carbonyl (C=O) groups is 1. The number of hydrogen-bond donors (Lipinski definition) is 1. The number of methoxy groups -OCH3 is 2. The van der Waals surface area contributed by atoms with E-state index in [1.165, 1.54) is 0 Å². The normalized spacial score (nSPS) is 14.7. The van der Waals surface area contributed by atoms with E-state index >= 15 is 0 Å². The van der Waals surface area contributed by atoms with E-state index in [0.29, 0.717) is 30.3 Å². The molecule has 3 aromatic rings. The van der Waals surface area contributed by atoms with Crippen LogP contribution in [0.4, 0.5) is 8.78 Å². The molecule has 0 saturated carbocycles. The van der Waals surface area contributed by atoms with E-state index in [4.69, 9.17) is 9.47 Å². The minimum absolute atomic E-state index is 0.344. The summed E-state index contributed by atoms with van der Waals surface area (Å²) in [4.78, 5) is 14.8. The van der Waals surface area contributed by atoms with Gasteiger partial charge in [0, 0.05) is 32.6 Å². The molecule has 2 heterocycles. The van der Waals surface area contributed by atoms with Crippen LogP contribution in [0.25, 0.3) is 0 Å². The summed E-state index contributed by atoms with van der Waals surface area (Å²) in [6, 6.07) is 8.14. The van der Waals surface area contributed by atoms with Gasteiger partial charge in [-0.1, -0.05) is 6.07 Å². The number of ether oxygens (including phenoxy) is 2. The van der Waals surface area contributed by atoms with Crippen molar-refractivity contribution in [3.8, 4) is 11.5 Å². The highest BCUT2D eigenvalue weighted by Crippen LogP contribution is 2.28. The first-order chi connectivity index (χ1) is 16.4. The van der Waals surface area contributed by atoms with E-state index in [1.807, 2.05) is 22.8 Å². The van der Waals surface area contributed by atoms with Crippen LogP contribution in [0, 0.1) is 11.6 Å². The van der Waals surface area contributed by atoms with Crippen molar-refractivity contribution in [3.63, 3.8) is 0 Å². The molecule has 1 amide bonds. The molecule has 4 rings (SSSR count). The number of amides is 1. The lowest BCUT2D eigenvalue weighted by molar-refractivity contribution is 0.0933. The van der Waals surface area contributed by atoms with Gasteiger partial charge in [0.15, 0.2) is 17.3 Å². The van der Waals surface area contributed by atoms with E-state index in [1.54, 1.807) is 21.1 Å². The van der Waals surface area contributed by atoms with Gasteiger partial charge in [-0.05, 0) is 42.8 Å². The molecule has 0 aliphatic carbocycles. The van der Waals surface area contributed by atoms with Crippen molar-refractivity contribution in [3.05, 3.63) is 70.8 Å². The van der Waals surface area contributed by atoms with Gasteiger partial charge in [-0.3, -0.25) is 9.69 Å². The zero-order chi connectivity index (χ0) is 24.2. The summed E-state index contributed by atoms with van der Waals surface area (Å²) < 4.78 is 40.1. The first-order valence-electron chi connectivity index (χ1n) is 11.0. The Kier molecular flexibility index (Phi) is 7.06. The average molecular weight is 472 g/mol. The molecule has 2 aromatic carbocycles. The summed E-state index contributed by atoms with van der Waals surface area (Å²) >= 11 is 0. The highest BCUT2D eigenvalue weighted by atomic mass is 19.1. The van der Waals surface area contributed by atoms with Crippen LogP contribution in [0.1, 0.15) is 40.5 Å². The molecule has 0 bridgehead atoms. The molecule has 0 radical (unpaired) electrons. The van der Waals surface area contributed by atoms with Crippen LogP contribution in [0.15, 0.2) is 36.4 Å². The molecule has 1 atom stereocenters. The summed E-state index contributed by atoms with van der Waals surface area (Å²) in [7, 11) is 3.22. The third kappa shape index (κ3) is 5.01. The molecular weight excluding hydrogens is 444 g/mol. The molecule has 10 heteroatoms. The van der Waals surface area contributed by atoms with E-state index < -0.39 is 23.6 Å². The Morgan fingerprint density at radius 1 is 1.06 bits per heavy atom. The molecule has 0 unspecified atom stereocenters. The quantitative estimate of drug-likeness (QED) is 0.570. The number of rotatable bonds is 7. The Balaban J connectivity index is 1.43. The van der Waals surface area contributed by atoms with Crippen molar-refractivity contribution >= 4 is 5.91 Å². The summed E-state index contributed by atoms with van der Waals surface area (Å²) in [6.45, 7) is 4.67. The Bertz CT molecular complexity index is 1180. The summed E-state index contributed by atoms with van der Waals surface area (Å²) in [6.07, 6.45) is 0.694. The molecule has 1 aliphatic rings. The highest BCUT2D eigenvalue weighted by Gasteiger charge is 2.24. The van der Waals surface area contributed by atoms with Gasteiger partial charge >= 0.3 is 0 Å². The fourth-order valence-electron chi connectivity index (χ4n) is 4.12. The maximum atomic E-state index is 14.0. The monoisotopic (exact) mass is 471 g/mol. The zero-order valence-corrected chi connectivity index (χ0v) is 19.3. The first kappa shape index (κ1) is 23.6. The van der Waals surface area contributed by atoms with Crippen molar-refractivity contribution in [2.24, 2.45) is 0 Å². The van der Waals surface area contributed by atoms with Crippen molar-refractivity contribution in [2.45, 2.75) is 32.5 Å². The van der Waals surface area contributed by atoms with Gasteiger partial charge in [0.05, 0.1) is 25.8 Å². The minimum atomic E-state index is -0.781. The second-order valence-corrected chi connectivity index (χ2v) is 8.16. The topological polar surface area (TPSA) is 81.5 Å². The van der Waals surface area contributed by atoms with Crippen molar-refractivity contribution < 1.29 is 23.0 Å². The molecule has 8 nitrogen and oxygen atoms in total. The van der Waals surface area contributed by atoms with Crippen molar-refractivity contribution in [2.75, 3.05) is 27.3 Å². The molecule has 1 aliphatic heterocycles. The van der Waals surface area contributed by atoms with Gasteiger partial charge in [0.1, 0.15) is 17.5 Å². The second kappa shape index (κ2) is 10.2. The number of benzene rings is 2. The van der Waals surface area contributed by atoms with E-state index in [0.717, 1.165) is 49.2 Å². The molecule has 180 valence electrons. The molecular formula is C24H27F2N5O3. The van der Waals surface area contributed by atoms with Crippen LogP contribution in [0.3, 0.4) is 0 Å². The summed E-state index contributed by atoms with van der Waals surface area (Å²) in [5.74, 6) is 0.615. The Morgan fingerprint density at radius 2 is 1.85 bits per heavy atom. The highest BCUT2D eigenvalue weighted by molar-refractivity contribution is 5.94. The maximum absolute atomic E-state index is 14.0. The lowest BCUT2D eigenvalue weighted by atomic mass is 10.1. The SMILES string of the molecule is COc1ccc(CN2CCc3nnc([C@H](C)NC(=O)c4cc(F)ccc4F)n3CC2)cc1OC. The second-order valence-electron chi connectivity index (χ2n) is 8.16. The molecule has 0 saturated heterocycles. The molecule has 1 aromatic heterocycles. The number of nitrogens with one attached hydrogen (secondary N) is 1. The summed E-state index contributed by atoms with van der Waals surface area (Å²) in [5.41, 5.74) is 0.761. The average Bonchev–Trinajstić information content (AvgIpc) is 3.14. The van der Waals surface area contributed by atoms with E-state index in [9.17, 15) is 13.6 Å². The lowest BCUT2D eigenvalue weighted by Crippen LogP contribution is -2.30. The van der Waals surface area contributed by atoms with Crippen LogP contribution < -0.4 is 14.8 Å². The molecule has 34 heavy (non-hydrogen) atoms. The third-order valence-corrected chi connectivity index (χ3v) is 5.91. The number of halogens is 2. The van der Waals surface area contributed by atoms with Gasteiger partial charge in [0.2, 0.25) is 0 Å². The van der Waals surface area contributed by atoms with Crippen LogP contribution in [0.2, 0.25) is 0 Å². The largest absolute Gasteiger partial charge is 0.493 e. The van der Waals surface area contributed by atoms with Gasteiger partial charge in [-0.2, -0.15) is 0 Å². The molecule has 0 fully saturated rings. The van der Waals surface area contributed by atoms with E-state index in [-0.39, 0.29) is 5.56 Å². The number of hydrogen-bond acceptors (Lipinski definition) is 6. The maximum Gasteiger partial charge on any atom is 0.254 e. The minimum Gasteiger partial charge on any atom is -0.493 e. The molecule has 0 spiro atoms. The van der Waals surface area contributed by atoms with Gasteiger partial charge in [-0.25, -0.2) is 8.78 Å². The number of carbonyl (C=O) groups excluding carboxylic acids is 1. The summed E-state index contributed by atoms with van der Waals surface area (Å²) in [5, 5.41) is 11.3. The van der Waals surface area contributed by atoms with Crippen molar-refractivity contribution in [1.29, 1.82) is 0 Å². The van der Waals surface area contributed by atoms with Crippen LogP contribution in [0.5, 0.6) is 11.5 Å². The smallest absolute Gasteiger partial charge is 0.254 e. The Hall–Kier alpha value is -3.53. The Labute approximate surface area is 196 Å². The first-order valence-corrected chi connectivity index (χ1v) is 11.0. The van der Waals surface area contributed by atoms with Gasteiger partial charge in [-0.15, -0.1) is 10.2 Å². The fraction of sp³-hybridized carbons (Fsp3) is 0.375. The van der Waals surface area contributed by atoms with Gasteiger partial charge in [0.25, 0.3) is 5.91 Å². The standard InChI is InChI=1S/C24H27F2N5O3/c1-15(27-24(32)18-13-17(25)5-6-19(18)26)23-29-28-22-8-9-30(10-11-31(22)23)14-16-4-7-20(33-2)21(12-16)34-3/h4-7,12-13,15H,8-11,14H2,1-3H3,(H,27,32)/t15-/m0/s1. The number of aromatic nitrogens is 3. The Morgan fingerprint density at radius 3 is 2.62 bits per heavy atom. The van der Waals surface area contributed by atoms with E-state index in [2.05, 4.69) is 20.4 Å². The zero-order valence-electron chi connectivity index (χ0n) is 19.3.